The number of aromatic amines is 1. The van der Waals surface area contributed by atoms with Crippen LogP contribution < -0.4 is 10.6 Å². The van der Waals surface area contributed by atoms with Crippen LogP contribution >= 0.6 is 0 Å². The predicted molar refractivity (Wildman–Crippen MR) is 59.1 cm³/mol. The van der Waals surface area contributed by atoms with Crippen LogP contribution in [0, 0.1) is 5.92 Å². The second-order valence-electron chi connectivity index (χ2n) is 4.61. The summed E-state index contributed by atoms with van der Waals surface area (Å²) < 4.78 is 0. The van der Waals surface area contributed by atoms with E-state index >= 15 is 0 Å². The second kappa shape index (κ2) is 3.90. The minimum atomic E-state index is -0.0342. The highest BCUT2D eigenvalue weighted by molar-refractivity contribution is 5.94. The Balaban J connectivity index is 1.71. The van der Waals surface area contributed by atoms with Crippen LogP contribution in [0.5, 0.6) is 0 Å². The van der Waals surface area contributed by atoms with Crippen LogP contribution in [0.1, 0.15) is 34.6 Å². The van der Waals surface area contributed by atoms with Crippen molar-refractivity contribution < 1.29 is 4.79 Å². The summed E-state index contributed by atoms with van der Waals surface area (Å²) in [7, 11) is 0. The van der Waals surface area contributed by atoms with E-state index < -0.39 is 0 Å². The van der Waals surface area contributed by atoms with E-state index in [1.54, 1.807) is 0 Å². The molecule has 0 aromatic carbocycles. The van der Waals surface area contributed by atoms with E-state index in [1.165, 1.54) is 12.8 Å². The van der Waals surface area contributed by atoms with Gasteiger partial charge in [-0.1, -0.05) is 0 Å². The molecule has 0 atom stereocenters. The van der Waals surface area contributed by atoms with Gasteiger partial charge < -0.3 is 10.6 Å². The Hall–Kier alpha value is -1.36. The number of fused-ring (bicyclic) bond motifs is 1. The molecule has 86 valence electrons. The third-order valence-corrected chi connectivity index (χ3v) is 3.27. The largest absolute Gasteiger partial charge is 0.350 e. The molecule has 2 heterocycles. The average molecular weight is 220 g/mol. The maximum Gasteiger partial charge on any atom is 0.272 e. The van der Waals surface area contributed by atoms with Crippen molar-refractivity contribution in [3.05, 3.63) is 17.0 Å². The monoisotopic (exact) mass is 220 g/mol. The fourth-order valence-electron chi connectivity index (χ4n) is 2.06. The standard InChI is InChI=1S/C11H16N4O/c16-11(13-5-7-1-2-7)10-8-6-12-4-3-9(8)14-15-10/h7,12H,1-6H2,(H,13,16)(H,14,15). The van der Waals surface area contributed by atoms with Gasteiger partial charge in [0.15, 0.2) is 5.69 Å². The SMILES string of the molecule is O=C(NCC1CC1)c1n[nH]c2c1CNCC2. The van der Waals surface area contributed by atoms with E-state index in [0.29, 0.717) is 11.6 Å². The van der Waals surface area contributed by atoms with Crippen LogP contribution in [0.15, 0.2) is 0 Å². The van der Waals surface area contributed by atoms with Crippen molar-refractivity contribution in [1.82, 2.24) is 20.8 Å². The number of carbonyl (C=O) groups excluding carboxylic acids is 1. The van der Waals surface area contributed by atoms with Crippen LogP contribution in [0.4, 0.5) is 0 Å². The summed E-state index contributed by atoms with van der Waals surface area (Å²) in [5.41, 5.74) is 2.72. The maximum absolute atomic E-state index is 11.9. The zero-order valence-electron chi connectivity index (χ0n) is 9.18. The summed E-state index contributed by atoms with van der Waals surface area (Å²) in [5.74, 6) is 0.671. The molecule has 0 unspecified atom stereocenters. The van der Waals surface area contributed by atoms with Crippen molar-refractivity contribution in [1.29, 1.82) is 0 Å². The van der Waals surface area contributed by atoms with Crippen LogP contribution in [0.25, 0.3) is 0 Å². The Kier molecular flexibility index (Phi) is 2.40. The molecule has 1 aliphatic heterocycles. The Labute approximate surface area is 94.0 Å². The van der Waals surface area contributed by atoms with Crippen molar-refractivity contribution in [3.63, 3.8) is 0 Å². The van der Waals surface area contributed by atoms with Gasteiger partial charge in [-0.25, -0.2) is 0 Å². The summed E-state index contributed by atoms with van der Waals surface area (Å²) >= 11 is 0. The number of hydrogen-bond donors (Lipinski definition) is 3. The Morgan fingerprint density at radius 1 is 1.50 bits per heavy atom. The van der Waals surface area contributed by atoms with Gasteiger partial charge in [-0.2, -0.15) is 5.10 Å². The van der Waals surface area contributed by atoms with Crippen molar-refractivity contribution in [2.24, 2.45) is 5.92 Å². The van der Waals surface area contributed by atoms with Crippen molar-refractivity contribution in [3.8, 4) is 0 Å². The van der Waals surface area contributed by atoms with Crippen molar-refractivity contribution in [2.45, 2.75) is 25.8 Å². The molecular formula is C11H16N4O. The number of amides is 1. The molecule has 1 saturated carbocycles. The molecule has 1 amide bonds. The van der Waals surface area contributed by atoms with Crippen LogP contribution in [-0.4, -0.2) is 29.2 Å². The highest BCUT2D eigenvalue weighted by Crippen LogP contribution is 2.27. The molecule has 1 aromatic rings. The van der Waals surface area contributed by atoms with Gasteiger partial charge in [0, 0.05) is 37.3 Å². The highest BCUT2D eigenvalue weighted by Gasteiger charge is 2.25. The molecule has 16 heavy (non-hydrogen) atoms. The lowest BCUT2D eigenvalue weighted by Crippen LogP contribution is -2.29. The van der Waals surface area contributed by atoms with Crippen molar-refractivity contribution >= 4 is 5.91 Å². The molecule has 3 N–H and O–H groups in total. The molecule has 2 aliphatic rings. The third kappa shape index (κ3) is 1.82. The van der Waals surface area contributed by atoms with E-state index in [2.05, 4.69) is 20.8 Å². The lowest BCUT2D eigenvalue weighted by Gasteiger charge is -2.12. The Morgan fingerprint density at radius 2 is 2.38 bits per heavy atom. The molecule has 1 fully saturated rings. The van der Waals surface area contributed by atoms with Gasteiger partial charge in [0.25, 0.3) is 5.91 Å². The quantitative estimate of drug-likeness (QED) is 0.681. The summed E-state index contributed by atoms with van der Waals surface area (Å²) in [6.07, 6.45) is 3.43. The Morgan fingerprint density at radius 3 is 3.19 bits per heavy atom. The highest BCUT2D eigenvalue weighted by atomic mass is 16.1. The number of H-pyrrole nitrogens is 1. The predicted octanol–water partition coefficient (Wildman–Crippen LogP) is 0.195. The van der Waals surface area contributed by atoms with E-state index in [0.717, 1.165) is 37.3 Å². The van der Waals surface area contributed by atoms with Gasteiger partial charge in [-0.05, 0) is 18.8 Å². The number of rotatable bonds is 3. The fraction of sp³-hybridized carbons (Fsp3) is 0.636. The van der Waals surface area contributed by atoms with Gasteiger partial charge in [0.2, 0.25) is 0 Å². The van der Waals surface area contributed by atoms with Gasteiger partial charge in [-0.3, -0.25) is 9.89 Å². The maximum atomic E-state index is 11.9. The smallest absolute Gasteiger partial charge is 0.272 e. The van der Waals surface area contributed by atoms with Crippen LogP contribution in [0.2, 0.25) is 0 Å². The molecule has 5 heteroatoms. The topological polar surface area (TPSA) is 69.8 Å². The van der Waals surface area contributed by atoms with E-state index in [4.69, 9.17) is 0 Å². The molecule has 5 nitrogen and oxygen atoms in total. The van der Waals surface area contributed by atoms with Gasteiger partial charge in [0.1, 0.15) is 0 Å². The Bertz CT molecular complexity index is 408. The molecule has 3 rings (SSSR count). The first kappa shape index (κ1) is 9.84. The summed E-state index contributed by atoms with van der Waals surface area (Å²) in [6, 6.07) is 0. The zero-order valence-corrected chi connectivity index (χ0v) is 9.18. The molecule has 0 bridgehead atoms. The fourth-order valence-corrected chi connectivity index (χ4v) is 2.06. The lowest BCUT2D eigenvalue weighted by atomic mass is 10.1. The number of aromatic nitrogens is 2. The minimum absolute atomic E-state index is 0.0342. The molecule has 0 saturated heterocycles. The minimum Gasteiger partial charge on any atom is -0.350 e. The first-order chi connectivity index (χ1) is 7.84. The first-order valence-electron chi connectivity index (χ1n) is 5.89. The third-order valence-electron chi connectivity index (χ3n) is 3.27. The first-order valence-corrected chi connectivity index (χ1v) is 5.89. The summed E-state index contributed by atoms with van der Waals surface area (Å²) in [6.45, 7) is 2.50. The zero-order chi connectivity index (χ0) is 11.0. The van der Waals surface area contributed by atoms with Gasteiger partial charge >= 0.3 is 0 Å². The summed E-state index contributed by atoms with van der Waals surface area (Å²) in [4.78, 5) is 11.9. The molecule has 1 aliphatic carbocycles. The lowest BCUT2D eigenvalue weighted by molar-refractivity contribution is 0.0945. The molecule has 1 aromatic heterocycles. The average Bonchev–Trinajstić information content (AvgIpc) is 3.04. The number of nitrogens with zero attached hydrogens (tertiary/aromatic N) is 1. The van der Waals surface area contributed by atoms with Gasteiger partial charge in [0.05, 0.1) is 0 Å². The number of carbonyl (C=O) groups is 1. The second-order valence-corrected chi connectivity index (χ2v) is 4.61. The molecular weight excluding hydrogens is 204 g/mol. The summed E-state index contributed by atoms with van der Waals surface area (Å²) in [5, 5.41) is 13.3. The number of hydrogen-bond acceptors (Lipinski definition) is 3. The van der Waals surface area contributed by atoms with Gasteiger partial charge in [-0.15, -0.1) is 0 Å². The van der Waals surface area contributed by atoms with Crippen molar-refractivity contribution in [2.75, 3.05) is 13.1 Å². The van der Waals surface area contributed by atoms with Crippen LogP contribution in [-0.2, 0) is 13.0 Å². The van der Waals surface area contributed by atoms with E-state index in [-0.39, 0.29) is 5.91 Å². The van der Waals surface area contributed by atoms with E-state index in [9.17, 15) is 4.79 Å². The van der Waals surface area contributed by atoms with E-state index in [1.807, 2.05) is 0 Å². The van der Waals surface area contributed by atoms with Crippen LogP contribution in [0.3, 0.4) is 0 Å². The molecule has 0 spiro atoms. The number of nitrogens with one attached hydrogen (secondary N) is 3. The molecule has 0 radical (unpaired) electrons. The normalized spacial score (nSPS) is 19.2.